The Morgan fingerprint density at radius 2 is 1.97 bits per heavy atom. The largest absolute Gasteiger partial charge is 0.497 e. The molecule has 0 aliphatic carbocycles. The van der Waals surface area contributed by atoms with Gasteiger partial charge >= 0.3 is 0 Å². The molecule has 0 saturated heterocycles. The number of benzene rings is 2. The zero-order chi connectivity index (χ0) is 20.8. The number of carbonyl (C=O) groups excluding carboxylic acids is 1. The van der Waals surface area contributed by atoms with Crippen molar-refractivity contribution in [2.24, 2.45) is 0 Å². The number of aryl methyl sites for hydroxylation is 1. The van der Waals surface area contributed by atoms with Crippen LogP contribution in [0.1, 0.15) is 18.9 Å². The molecular weight excluding hydrogens is 386 g/mol. The number of hydrogen-bond donors (Lipinski definition) is 2. The zero-order valence-electron chi connectivity index (χ0n) is 16.6. The quantitative estimate of drug-likeness (QED) is 0.450. The van der Waals surface area contributed by atoms with Gasteiger partial charge in [-0.15, -0.1) is 0 Å². The smallest absolute Gasteiger partial charge is 0.252 e. The lowest BCUT2D eigenvalue weighted by Crippen LogP contribution is -2.25. The van der Waals surface area contributed by atoms with Crippen molar-refractivity contribution in [2.45, 2.75) is 30.7 Å². The van der Waals surface area contributed by atoms with Crippen LogP contribution in [0.2, 0.25) is 0 Å². The van der Waals surface area contributed by atoms with E-state index in [9.17, 15) is 9.59 Å². The van der Waals surface area contributed by atoms with Crippen molar-refractivity contribution in [3.63, 3.8) is 0 Å². The van der Waals surface area contributed by atoms with Crippen LogP contribution in [0, 0.1) is 6.92 Å². The molecule has 1 amide bonds. The molecule has 1 aromatic heterocycles. The molecule has 2 aromatic carbocycles. The van der Waals surface area contributed by atoms with Gasteiger partial charge in [-0.05, 0) is 55.3 Å². The van der Waals surface area contributed by atoms with E-state index in [1.54, 1.807) is 7.11 Å². The van der Waals surface area contributed by atoms with Gasteiger partial charge in [0.15, 0.2) is 5.16 Å². The summed E-state index contributed by atoms with van der Waals surface area (Å²) in [6.07, 6.45) is 0.596. The van der Waals surface area contributed by atoms with Gasteiger partial charge in [0.05, 0.1) is 18.1 Å². The van der Waals surface area contributed by atoms with Gasteiger partial charge in [-0.2, -0.15) is 0 Å². The molecule has 2 N–H and O–H groups in total. The maximum absolute atomic E-state index is 12.7. The number of aromatic nitrogens is 2. The Balaban J connectivity index is 1.79. The van der Waals surface area contributed by atoms with Crippen molar-refractivity contribution in [3.05, 3.63) is 70.5 Å². The van der Waals surface area contributed by atoms with E-state index in [1.165, 1.54) is 17.8 Å². The number of rotatable bonds is 7. The van der Waals surface area contributed by atoms with Gasteiger partial charge in [0.1, 0.15) is 5.75 Å². The van der Waals surface area contributed by atoms with Gasteiger partial charge in [-0.3, -0.25) is 9.59 Å². The van der Waals surface area contributed by atoms with Gasteiger partial charge in [-0.1, -0.05) is 30.8 Å². The number of H-pyrrole nitrogens is 1. The third kappa shape index (κ3) is 5.48. The summed E-state index contributed by atoms with van der Waals surface area (Å²) in [6, 6.07) is 16.4. The number of thioether (sulfide) groups is 1. The fraction of sp³-hybridized carbons (Fsp3) is 0.227. The van der Waals surface area contributed by atoms with Crippen LogP contribution in [0.4, 0.5) is 5.69 Å². The van der Waals surface area contributed by atoms with E-state index in [1.807, 2.05) is 62.4 Å². The molecular formula is C22H23N3O3S. The second-order valence-corrected chi connectivity index (χ2v) is 7.73. The average molecular weight is 410 g/mol. The summed E-state index contributed by atoms with van der Waals surface area (Å²) in [5.41, 5.74) is 2.91. The van der Waals surface area contributed by atoms with Gasteiger partial charge in [0.2, 0.25) is 5.91 Å². The van der Waals surface area contributed by atoms with E-state index in [0.29, 0.717) is 17.3 Å². The van der Waals surface area contributed by atoms with Crippen LogP contribution in [-0.4, -0.2) is 28.2 Å². The van der Waals surface area contributed by atoms with Crippen molar-refractivity contribution < 1.29 is 9.53 Å². The third-order valence-corrected chi connectivity index (χ3v) is 5.56. The Bertz CT molecular complexity index is 1050. The average Bonchev–Trinajstić information content (AvgIpc) is 2.71. The number of nitrogens with one attached hydrogen (secondary N) is 2. The van der Waals surface area contributed by atoms with E-state index in [2.05, 4.69) is 15.3 Å². The molecule has 0 radical (unpaired) electrons. The summed E-state index contributed by atoms with van der Waals surface area (Å²) < 4.78 is 5.17. The first kappa shape index (κ1) is 20.7. The predicted octanol–water partition coefficient (Wildman–Crippen LogP) is 4.26. The van der Waals surface area contributed by atoms with Crippen molar-refractivity contribution in [3.8, 4) is 17.0 Å². The summed E-state index contributed by atoms with van der Waals surface area (Å²) >= 11 is 1.25. The van der Waals surface area contributed by atoms with E-state index in [4.69, 9.17) is 4.74 Å². The van der Waals surface area contributed by atoms with Gasteiger partial charge in [-0.25, -0.2) is 4.98 Å². The van der Waals surface area contributed by atoms with Crippen LogP contribution in [0.5, 0.6) is 5.75 Å². The van der Waals surface area contributed by atoms with Crippen molar-refractivity contribution in [1.29, 1.82) is 0 Å². The fourth-order valence-corrected chi connectivity index (χ4v) is 3.72. The Kier molecular flexibility index (Phi) is 6.72. The highest BCUT2D eigenvalue weighted by Crippen LogP contribution is 2.26. The number of amides is 1. The Morgan fingerprint density at radius 3 is 2.62 bits per heavy atom. The normalized spacial score (nSPS) is 11.7. The summed E-state index contributed by atoms with van der Waals surface area (Å²) in [7, 11) is 1.60. The van der Waals surface area contributed by atoms with Crippen LogP contribution >= 0.6 is 11.8 Å². The number of hydrogen-bond acceptors (Lipinski definition) is 5. The Labute approximate surface area is 173 Å². The number of carbonyl (C=O) groups is 1. The molecule has 3 rings (SSSR count). The second-order valence-electron chi connectivity index (χ2n) is 6.54. The highest BCUT2D eigenvalue weighted by atomic mass is 32.2. The first-order valence-corrected chi connectivity index (χ1v) is 10.2. The lowest BCUT2D eigenvalue weighted by molar-refractivity contribution is -0.115. The molecule has 0 aliphatic rings. The molecule has 1 unspecified atom stereocenters. The molecule has 1 heterocycles. The molecule has 6 nitrogen and oxygen atoms in total. The van der Waals surface area contributed by atoms with E-state index >= 15 is 0 Å². The minimum absolute atomic E-state index is 0.124. The number of methoxy groups -OCH3 is 1. The molecule has 7 heteroatoms. The molecule has 0 bridgehead atoms. The maximum Gasteiger partial charge on any atom is 0.252 e. The summed E-state index contributed by atoms with van der Waals surface area (Å²) in [5, 5.41) is 2.96. The lowest BCUT2D eigenvalue weighted by atomic mass is 10.1. The van der Waals surface area contributed by atoms with Crippen LogP contribution in [0.15, 0.2) is 64.5 Å². The molecule has 3 aromatic rings. The maximum atomic E-state index is 12.7. The number of ether oxygens (including phenoxy) is 1. The monoisotopic (exact) mass is 409 g/mol. The van der Waals surface area contributed by atoms with Crippen LogP contribution in [0.25, 0.3) is 11.3 Å². The zero-order valence-corrected chi connectivity index (χ0v) is 17.4. The van der Waals surface area contributed by atoms with E-state index in [-0.39, 0.29) is 16.7 Å². The standard InChI is InChI=1S/C22H23N3O3S/c1-4-19(21(27)23-16-7-5-6-14(2)12-16)29-22-24-18(13-20(26)25-22)15-8-10-17(28-3)11-9-15/h5-13,19H,4H2,1-3H3,(H,23,27)(H,24,25,26). The summed E-state index contributed by atoms with van der Waals surface area (Å²) in [6.45, 7) is 3.90. The third-order valence-electron chi connectivity index (χ3n) is 4.31. The van der Waals surface area contributed by atoms with Crippen molar-refractivity contribution in [2.75, 3.05) is 12.4 Å². The first-order chi connectivity index (χ1) is 14.0. The van der Waals surface area contributed by atoms with Crippen LogP contribution in [-0.2, 0) is 4.79 Å². The van der Waals surface area contributed by atoms with E-state index < -0.39 is 0 Å². The highest BCUT2D eigenvalue weighted by Gasteiger charge is 2.20. The first-order valence-electron chi connectivity index (χ1n) is 9.28. The van der Waals surface area contributed by atoms with Crippen LogP contribution in [0.3, 0.4) is 0 Å². The summed E-state index contributed by atoms with van der Waals surface area (Å²) in [5.74, 6) is 0.604. The predicted molar refractivity (Wildman–Crippen MR) is 117 cm³/mol. The van der Waals surface area contributed by atoms with Crippen LogP contribution < -0.4 is 15.6 Å². The molecule has 150 valence electrons. The molecule has 29 heavy (non-hydrogen) atoms. The van der Waals surface area contributed by atoms with E-state index in [0.717, 1.165) is 22.6 Å². The Morgan fingerprint density at radius 1 is 1.21 bits per heavy atom. The number of anilines is 1. The highest BCUT2D eigenvalue weighted by molar-refractivity contribution is 8.00. The topological polar surface area (TPSA) is 84.1 Å². The SMILES string of the molecule is CCC(Sc1nc(-c2ccc(OC)cc2)cc(=O)[nH]1)C(=O)Nc1cccc(C)c1. The lowest BCUT2D eigenvalue weighted by Gasteiger charge is -2.15. The summed E-state index contributed by atoms with van der Waals surface area (Å²) in [4.78, 5) is 32.1. The number of aromatic amines is 1. The molecule has 0 saturated carbocycles. The molecule has 0 aliphatic heterocycles. The van der Waals surface area contributed by atoms with Crippen molar-refractivity contribution in [1.82, 2.24) is 9.97 Å². The van der Waals surface area contributed by atoms with Gasteiger partial charge in [0, 0.05) is 17.3 Å². The fourth-order valence-electron chi connectivity index (χ4n) is 2.80. The van der Waals surface area contributed by atoms with Gasteiger partial charge < -0.3 is 15.0 Å². The molecule has 0 fully saturated rings. The van der Waals surface area contributed by atoms with Gasteiger partial charge in [0.25, 0.3) is 5.56 Å². The second kappa shape index (κ2) is 9.43. The number of nitrogens with zero attached hydrogens (tertiary/aromatic N) is 1. The minimum Gasteiger partial charge on any atom is -0.497 e. The van der Waals surface area contributed by atoms with Crippen molar-refractivity contribution >= 4 is 23.4 Å². The molecule has 0 spiro atoms. The Hall–Kier alpha value is -3.06. The molecule has 1 atom stereocenters. The minimum atomic E-state index is -0.384.